The van der Waals surface area contributed by atoms with Gasteiger partial charge in [0, 0.05) is 36.9 Å². The van der Waals surface area contributed by atoms with Crippen LogP contribution >= 0.6 is 11.3 Å². The molecule has 0 radical (unpaired) electrons. The minimum atomic E-state index is 1.09. The van der Waals surface area contributed by atoms with Crippen LogP contribution in [0.3, 0.4) is 0 Å². The number of fused-ring (bicyclic) bond motifs is 5. The van der Waals surface area contributed by atoms with Gasteiger partial charge in [-0.3, -0.25) is 0 Å². The molecule has 0 aliphatic rings. The average molecular weight is 832 g/mol. The minimum absolute atomic E-state index is 1.09. The van der Waals surface area contributed by atoms with E-state index in [1.54, 1.807) is 0 Å². The van der Waals surface area contributed by atoms with Crippen LogP contribution in [0.25, 0.3) is 97.4 Å². The van der Waals surface area contributed by atoms with Gasteiger partial charge in [0.25, 0.3) is 0 Å². The van der Waals surface area contributed by atoms with E-state index in [1.807, 2.05) is 11.3 Å². The van der Waals surface area contributed by atoms with Gasteiger partial charge in [0.2, 0.25) is 0 Å². The fourth-order valence-corrected chi connectivity index (χ4v) is 10.5. The van der Waals surface area contributed by atoms with Crippen molar-refractivity contribution in [3.8, 4) is 55.6 Å². The van der Waals surface area contributed by atoms with Crippen molar-refractivity contribution >= 4 is 70.1 Å². The SMILES string of the molecule is c1ccc(-c2ccc(-c3ccc(N(c4cccc(-c5ccc(-c6ccccc6)cc5)c4)c4ccc(-c5ccc6cc7c(cc6c5)sc5ccccc57)c5ccccc45)cc3)cc2)cc1. The molecule has 1 aromatic heterocycles. The van der Waals surface area contributed by atoms with Crippen molar-refractivity contribution in [1.29, 1.82) is 0 Å². The van der Waals surface area contributed by atoms with Crippen LogP contribution in [-0.4, -0.2) is 0 Å². The lowest BCUT2D eigenvalue weighted by Crippen LogP contribution is -2.10. The summed E-state index contributed by atoms with van der Waals surface area (Å²) in [5, 5.41) is 7.59. The van der Waals surface area contributed by atoms with Crippen LogP contribution in [0, 0.1) is 0 Å². The number of anilines is 3. The first-order valence-corrected chi connectivity index (χ1v) is 22.7. The van der Waals surface area contributed by atoms with Crippen molar-refractivity contribution in [2.75, 3.05) is 4.90 Å². The Hall–Kier alpha value is -8.04. The number of benzene rings is 11. The Balaban J connectivity index is 0.960. The Morgan fingerprint density at radius 2 is 0.766 bits per heavy atom. The predicted octanol–water partition coefficient (Wildman–Crippen LogP) is 18.2. The number of thiophene rings is 1. The highest BCUT2D eigenvalue weighted by molar-refractivity contribution is 7.25. The van der Waals surface area contributed by atoms with Crippen LogP contribution in [-0.2, 0) is 0 Å². The largest absolute Gasteiger partial charge is 0.310 e. The molecule has 0 saturated carbocycles. The molecule has 1 heterocycles. The van der Waals surface area contributed by atoms with Crippen LogP contribution in [0.15, 0.2) is 249 Å². The summed E-state index contributed by atoms with van der Waals surface area (Å²) in [4.78, 5) is 2.43. The molecule has 300 valence electrons. The Labute approximate surface area is 377 Å². The molecule has 1 nitrogen and oxygen atoms in total. The van der Waals surface area contributed by atoms with Crippen molar-refractivity contribution in [2.45, 2.75) is 0 Å². The monoisotopic (exact) mass is 831 g/mol. The van der Waals surface area contributed by atoms with Gasteiger partial charge in [0.1, 0.15) is 0 Å². The van der Waals surface area contributed by atoms with Gasteiger partial charge in [-0.1, -0.05) is 194 Å². The van der Waals surface area contributed by atoms with Gasteiger partial charge < -0.3 is 4.90 Å². The molecule has 12 rings (SSSR count). The van der Waals surface area contributed by atoms with Crippen LogP contribution in [0.1, 0.15) is 0 Å². The van der Waals surface area contributed by atoms with Crippen molar-refractivity contribution in [1.82, 2.24) is 0 Å². The molecule has 0 atom stereocenters. The highest BCUT2D eigenvalue weighted by Gasteiger charge is 2.19. The molecule has 0 unspecified atom stereocenters. The van der Waals surface area contributed by atoms with E-state index in [0.717, 1.165) is 17.1 Å². The Morgan fingerprint density at radius 1 is 0.250 bits per heavy atom. The van der Waals surface area contributed by atoms with E-state index in [1.165, 1.54) is 97.4 Å². The number of hydrogen-bond acceptors (Lipinski definition) is 2. The van der Waals surface area contributed by atoms with Gasteiger partial charge in [-0.2, -0.15) is 0 Å². The lowest BCUT2D eigenvalue weighted by atomic mass is 9.94. The normalized spacial score (nSPS) is 11.4. The lowest BCUT2D eigenvalue weighted by molar-refractivity contribution is 1.30. The summed E-state index contributed by atoms with van der Waals surface area (Å²) < 4.78 is 2.66. The summed E-state index contributed by atoms with van der Waals surface area (Å²) >= 11 is 1.87. The molecular weight excluding hydrogens is 791 g/mol. The van der Waals surface area contributed by atoms with E-state index >= 15 is 0 Å². The summed E-state index contributed by atoms with van der Waals surface area (Å²) in [7, 11) is 0. The second-order valence-corrected chi connectivity index (χ2v) is 17.6. The zero-order chi connectivity index (χ0) is 42.4. The van der Waals surface area contributed by atoms with Crippen LogP contribution in [0.4, 0.5) is 17.1 Å². The third-order valence-electron chi connectivity index (χ3n) is 12.7. The van der Waals surface area contributed by atoms with Crippen molar-refractivity contribution < 1.29 is 0 Å². The van der Waals surface area contributed by atoms with E-state index < -0.39 is 0 Å². The van der Waals surface area contributed by atoms with Gasteiger partial charge in [-0.25, -0.2) is 0 Å². The molecule has 0 fully saturated rings. The van der Waals surface area contributed by atoms with E-state index in [-0.39, 0.29) is 0 Å². The third kappa shape index (κ3) is 6.91. The number of rotatable bonds is 8. The minimum Gasteiger partial charge on any atom is -0.310 e. The van der Waals surface area contributed by atoms with Gasteiger partial charge in [0.15, 0.2) is 0 Å². The predicted molar refractivity (Wildman–Crippen MR) is 276 cm³/mol. The van der Waals surface area contributed by atoms with Crippen molar-refractivity contribution in [2.24, 2.45) is 0 Å². The second-order valence-electron chi connectivity index (χ2n) is 16.5. The van der Waals surface area contributed by atoms with E-state index in [9.17, 15) is 0 Å². The maximum atomic E-state index is 2.43. The standard InChI is InChI=1S/C62H41NS/c1-3-12-42(13-4-1)44-22-24-46(25-23-44)47-32-34-53(35-33-47)63(54-17-11-16-49(39-54)48-28-26-45(27-29-48)43-14-5-2-6-15-43)60-37-36-55(56-18-7-8-19-57(56)60)51-31-30-50-40-59-58-20-9-10-21-61(58)64-62(59)41-52(50)38-51/h1-41H. The Kier molecular flexibility index (Phi) is 9.43. The average Bonchev–Trinajstić information content (AvgIpc) is 3.74. The maximum Gasteiger partial charge on any atom is 0.0540 e. The molecule has 0 spiro atoms. The quantitative estimate of drug-likeness (QED) is 0.147. The summed E-state index contributed by atoms with van der Waals surface area (Å²) in [6.45, 7) is 0. The number of nitrogens with zero attached hydrogens (tertiary/aromatic N) is 1. The summed E-state index contributed by atoms with van der Waals surface area (Å²) in [5.74, 6) is 0. The second kappa shape index (κ2) is 16.0. The zero-order valence-electron chi connectivity index (χ0n) is 35.0. The molecule has 11 aromatic carbocycles. The van der Waals surface area contributed by atoms with Gasteiger partial charge >= 0.3 is 0 Å². The molecule has 0 saturated heterocycles. The van der Waals surface area contributed by atoms with Gasteiger partial charge in [0.05, 0.1) is 5.69 Å². The maximum absolute atomic E-state index is 2.43. The molecule has 0 aliphatic heterocycles. The molecule has 0 N–H and O–H groups in total. The summed E-state index contributed by atoms with van der Waals surface area (Å²) in [6, 6.07) is 90.9. The lowest BCUT2D eigenvalue weighted by Gasteiger charge is -2.28. The Bertz CT molecular complexity index is 3630. The molecular formula is C62H41NS. The molecule has 12 aromatic rings. The molecule has 0 bridgehead atoms. The first-order chi connectivity index (χ1) is 31.7. The molecule has 2 heteroatoms. The van der Waals surface area contributed by atoms with E-state index in [4.69, 9.17) is 0 Å². The zero-order valence-corrected chi connectivity index (χ0v) is 35.8. The van der Waals surface area contributed by atoms with E-state index in [0.29, 0.717) is 0 Å². The first kappa shape index (κ1) is 37.7. The first-order valence-electron chi connectivity index (χ1n) is 21.9. The van der Waals surface area contributed by atoms with Crippen LogP contribution < -0.4 is 4.90 Å². The molecule has 0 amide bonds. The van der Waals surface area contributed by atoms with Gasteiger partial charge in [-0.05, 0) is 126 Å². The van der Waals surface area contributed by atoms with Gasteiger partial charge in [-0.15, -0.1) is 11.3 Å². The summed E-state index contributed by atoms with van der Waals surface area (Å²) in [5.41, 5.74) is 15.3. The highest BCUT2D eigenvalue weighted by atomic mass is 32.1. The highest BCUT2D eigenvalue weighted by Crippen LogP contribution is 2.44. The Morgan fingerprint density at radius 3 is 1.42 bits per heavy atom. The van der Waals surface area contributed by atoms with Crippen LogP contribution in [0.2, 0.25) is 0 Å². The third-order valence-corrected chi connectivity index (χ3v) is 13.8. The number of hydrogen-bond donors (Lipinski definition) is 0. The fraction of sp³-hybridized carbons (Fsp3) is 0. The smallest absolute Gasteiger partial charge is 0.0540 e. The van der Waals surface area contributed by atoms with Crippen LogP contribution in [0.5, 0.6) is 0 Å². The van der Waals surface area contributed by atoms with Crippen molar-refractivity contribution in [3.63, 3.8) is 0 Å². The fourth-order valence-electron chi connectivity index (χ4n) is 9.39. The summed E-state index contributed by atoms with van der Waals surface area (Å²) in [6.07, 6.45) is 0. The molecule has 0 aliphatic carbocycles. The molecule has 64 heavy (non-hydrogen) atoms. The van der Waals surface area contributed by atoms with Crippen molar-refractivity contribution in [3.05, 3.63) is 249 Å². The van der Waals surface area contributed by atoms with E-state index in [2.05, 4.69) is 254 Å². The topological polar surface area (TPSA) is 3.24 Å².